The van der Waals surface area contributed by atoms with Crippen LogP contribution in [0.1, 0.15) is 26.7 Å². The molecule has 88 valence electrons. The summed E-state index contributed by atoms with van der Waals surface area (Å²) in [5.74, 6) is 0.115. The Balaban J connectivity index is 2.07. The van der Waals surface area contributed by atoms with Gasteiger partial charge >= 0.3 is 0 Å². The first-order chi connectivity index (χ1) is 7.61. The molecule has 2 atom stereocenters. The maximum Gasteiger partial charge on any atom is 0.256 e. The average Bonchev–Trinajstić information content (AvgIpc) is 2.54. The molecule has 0 aromatic rings. The molecule has 2 amide bonds. The van der Waals surface area contributed by atoms with Gasteiger partial charge in [-0.25, -0.2) is 0 Å². The predicted molar refractivity (Wildman–Crippen MR) is 60.7 cm³/mol. The number of hydrogen-bond donors (Lipinski definition) is 1. The molecule has 2 aliphatic heterocycles. The fourth-order valence-electron chi connectivity index (χ4n) is 2.49. The Kier molecular flexibility index (Phi) is 3.10. The molecule has 0 aromatic carbocycles. The zero-order valence-corrected chi connectivity index (χ0v) is 9.82. The molecule has 16 heavy (non-hydrogen) atoms. The van der Waals surface area contributed by atoms with Gasteiger partial charge in [-0.1, -0.05) is 0 Å². The summed E-state index contributed by atoms with van der Waals surface area (Å²) in [7, 11) is 0. The van der Waals surface area contributed by atoms with Crippen LogP contribution in [0.15, 0.2) is 11.6 Å². The smallest absolute Gasteiger partial charge is 0.256 e. The summed E-state index contributed by atoms with van der Waals surface area (Å²) in [4.78, 5) is 24.9. The van der Waals surface area contributed by atoms with Gasteiger partial charge < -0.3 is 5.32 Å². The summed E-state index contributed by atoms with van der Waals surface area (Å²) in [5.41, 5.74) is 0.556. The molecule has 0 aliphatic carbocycles. The number of amides is 2. The van der Waals surface area contributed by atoms with Crippen LogP contribution in [0.3, 0.4) is 0 Å². The first-order valence-corrected chi connectivity index (χ1v) is 5.88. The molecule has 2 aliphatic rings. The predicted octanol–water partition coefficient (Wildman–Crippen LogP) is 0.690. The van der Waals surface area contributed by atoms with E-state index in [-0.39, 0.29) is 17.9 Å². The maximum atomic E-state index is 11.8. The van der Waals surface area contributed by atoms with E-state index in [2.05, 4.69) is 5.32 Å². The van der Waals surface area contributed by atoms with E-state index in [9.17, 15) is 9.59 Å². The minimum absolute atomic E-state index is 0.00139. The Labute approximate surface area is 95.7 Å². The van der Waals surface area contributed by atoms with Crippen molar-refractivity contribution in [3.63, 3.8) is 0 Å². The van der Waals surface area contributed by atoms with Crippen molar-refractivity contribution >= 4 is 11.8 Å². The van der Waals surface area contributed by atoms with Crippen LogP contribution in [0.2, 0.25) is 0 Å². The van der Waals surface area contributed by atoms with Gasteiger partial charge in [0.2, 0.25) is 0 Å². The second-order valence-electron chi connectivity index (χ2n) is 4.69. The van der Waals surface area contributed by atoms with E-state index < -0.39 is 0 Å². The molecule has 2 unspecified atom stereocenters. The number of piperidine rings is 1. The van der Waals surface area contributed by atoms with E-state index in [0.717, 1.165) is 25.9 Å². The zero-order chi connectivity index (χ0) is 11.7. The van der Waals surface area contributed by atoms with Crippen molar-refractivity contribution < 1.29 is 9.59 Å². The molecule has 4 nitrogen and oxygen atoms in total. The molecule has 1 fully saturated rings. The number of carbonyl (C=O) groups excluding carboxylic acids is 2. The second-order valence-corrected chi connectivity index (χ2v) is 4.69. The van der Waals surface area contributed by atoms with Crippen molar-refractivity contribution in [3.8, 4) is 0 Å². The molecule has 4 heteroatoms. The van der Waals surface area contributed by atoms with Gasteiger partial charge in [0.1, 0.15) is 0 Å². The summed E-state index contributed by atoms with van der Waals surface area (Å²) in [6.45, 7) is 5.62. The van der Waals surface area contributed by atoms with E-state index in [0.29, 0.717) is 11.5 Å². The molecule has 0 bridgehead atoms. The van der Waals surface area contributed by atoms with Crippen molar-refractivity contribution in [3.05, 3.63) is 11.6 Å². The minimum Gasteiger partial charge on any atom is -0.316 e. The topological polar surface area (TPSA) is 49.4 Å². The SMILES string of the molecule is CC1=CC(=O)N(C(C)C2CCCNC2)C1=O. The van der Waals surface area contributed by atoms with Crippen molar-refractivity contribution in [2.24, 2.45) is 5.92 Å². The molecule has 2 rings (SSSR count). The van der Waals surface area contributed by atoms with Gasteiger partial charge in [-0.3, -0.25) is 14.5 Å². The van der Waals surface area contributed by atoms with Crippen molar-refractivity contribution in [2.45, 2.75) is 32.7 Å². The number of hydrogen-bond acceptors (Lipinski definition) is 3. The summed E-state index contributed by atoms with van der Waals surface area (Å²) in [5, 5.41) is 3.31. The third-order valence-corrected chi connectivity index (χ3v) is 3.56. The lowest BCUT2D eigenvalue weighted by Gasteiger charge is -2.33. The Morgan fingerprint density at radius 2 is 2.25 bits per heavy atom. The number of carbonyl (C=O) groups is 2. The summed E-state index contributed by atoms with van der Waals surface area (Å²) < 4.78 is 0. The van der Waals surface area contributed by atoms with E-state index >= 15 is 0 Å². The normalized spacial score (nSPS) is 28.2. The van der Waals surface area contributed by atoms with Crippen LogP contribution in [0.25, 0.3) is 0 Å². The molecule has 1 N–H and O–H groups in total. The van der Waals surface area contributed by atoms with Crippen LogP contribution in [0.5, 0.6) is 0 Å². The third-order valence-electron chi connectivity index (χ3n) is 3.56. The van der Waals surface area contributed by atoms with E-state index in [4.69, 9.17) is 0 Å². The monoisotopic (exact) mass is 222 g/mol. The van der Waals surface area contributed by atoms with Crippen LogP contribution in [0.4, 0.5) is 0 Å². The zero-order valence-electron chi connectivity index (χ0n) is 9.82. The van der Waals surface area contributed by atoms with Crippen molar-refractivity contribution in [2.75, 3.05) is 13.1 Å². The van der Waals surface area contributed by atoms with Crippen LogP contribution >= 0.6 is 0 Å². The van der Waals surface area contributed by atoms with Gasteiger partial charge in [0.05, 0.1) is 0 Å². The highest BCUT2D eigenvalue weighted by molar-refractivity contribution is 6.16. The molecular weight excluding hydrogens is 204 g/mol. The highest BCUT2D eigenvalue weighted by atomic mass is 16.2. The minimum atomic E-state index is -0.152. The largest absolute Gasteiger partial charge is 0.316 e. The lowest BCUT2D eigenvalue weighted by atomic mass is 9.92. The Morgan fingerprint density at radius 3 is 2.75 bits per heavy atom. The van der Waals surface area contributed by atoms with Gasteiger partial charge in [0, 0.05) is 17.7 Å². The highest BCUT2D eigenvalue weighted by Crippen LogP contribution is 2.23. The Bertz CT molecular complexity index is 343. The van der Waals surface area contributed by atoms with E-state index in [1.54, 1.807) is 6.92 Å². The Morgan fingerprint density at radius 1 is 1.50 bits per heavy atom. The Hall–Kier alpha value is -1.16. The highest BCUT2D eigenvalue weighted by Gasteiger charge is 2.36. The van der Waals surface area contributed by atoms with E-state index in [1.807, 2.05) is 6.92 Å². The number of imide groups is 1. The van der Waals surface area contributed by atoms with Crippen molar-refractivity contribution in [1.82, 2.24) is 10.2 Å². The number of nitrogens with zero attached hydrogens (tertiary/aromatic N) is 1. The fourth-order valence-corrected chi connectivity index (χ4v) is 2.49. The first-order valence-electron chi connectivity index (χ1n) is 5.88. The van der Waals surface area contributed by atoms with Crippen LogP contribution in [-0.4, -0.2) is 35.8 Å². The lowest BCUT2D eigenvalue weighted by molar-refractivity contribution is -0.140. The van der Waals surface area contributed by atoms with Gasteiger partial charge in [-0.15, -0.1) is 0 Å². The van der Waals surface area contributed by atoms with Gasteiger partial charge in [-0.05, 0) is 45.7 Å². The summed E-state index contributed by atoms with van der Waals surface area (Å²) >= 11 is 0. The van der Waals surface area contributed by atoms with Gasteiger partial charge in [0.25, 0.3) is 11.8 Å². The fraction of sp³-hybridized carbons (Fsp3) is 0.667. The molecule has 1 saturated heterocycles. The maximum absolute atomic E-state index is 11.8. The number of rotatable bonds is 2. The molecule has 2 heterocycles. The molecule has 0 spiro atoms. The van der Waals surface area contributed by atoms with Crippen LogP contribution < -0.4 is 5.32 Å². The standard InChI is InChI=1S/C12H18N2O2/c1-8-6-11(15)14(12(8)16)9(2)10-4-3-5-13-7-10/h6,9-10,13H,3-5,7H2,1-2H3. The van der Waals surface area contributed by atoms with E-state index in [1.165, 1.54) is 11.0 Å². The average molecular weight is 222 g/mol. The number of nitrogens with one attached hydrogen (secondary N) is 1. The summed E-state index contributed by atoms with van der Waals surface area (Å²) in [6, 6.07) is 0.00139. The third kappa shape index (κ3) is 1.89. The second kappa shape index (κ2) is 4.37. The van der Waals surface area contributed by atoms with Gasteiger partial charge in [-0.2, -0.15) is 0 Å². The molecular formula is C12H18N2O2. The molecule has 0 saturated carbocycles. The summed E-state index contributed by atoms with van der Waals surface area (Å²) in [6.07, 6.45) is 3.65. The van der Waals surface area contributed by atoms with Crippen LogP contribution in [0, 0.1) is 5.92 Å². The molecule has 0 aromatic heterocycles. The van der Waals surface area contributed by atoms with Crippen LogP contribution in [-0.2, 0) is 9.59 Å². The molecule has 0 radical (unpaired) electrons. The first kappa shape index (κ1) is 11.3. The quantitative estimate of drug-likeness (QED) is 0.699. The van der Waals surface area contributed by atoms with Gasteiger partial charge in [0.15, 0.2) is 0 Å². The lowest BCUT2D eigenvalue weighted by Crippen LogP contribution is -2.47. The van der Waals surface area contributed by atoms with Crippen molar-refractivity contribution in [1.29, 1.82) is 0 Å².